The molecular formula is C13H29N3O. The van der Waals surface area contributed by atoms with Crippen molar-refractivity contribution in [3.8, 4) is 0 Å². The van der Waals surface area contributed by atoms with Gasteiger partial charge in [-0.15, -0.1) is 0 Å². The molecule has 0 aliphatic rings. The number of urea groups is 1. The zero-order chi connectivity index (χ0) is 13.3. The van der Waals surface area contributed by atoms with Gasteiger partial charge in [-0.1, -0.05) is 27.2 Å². The summed E-state index contributed by atoms with van der Waals surface area (Å²) in [5, 5.41) is 2.97. The Balaban J connectivity index is 4.54. The molecule has 4 nitrogen and oxygen atoms in total. The number of carbonyl (C=O) groups is 1. The average molecular weight is 243 g/mol. The fourth-order valence-corrected chi connectivity index (χ4v) is 1.75. The molecule has 0 radical (unpaired) electrons. The van der Waals surface area contributed by atoms with E-state index in [2.05, 4.69) is 33.0 Å². The van der Waals surface area contributed by atoms with Crippen LogP contribution in [0.5, 0.6) is 0 Å². The van der Waals surface area contributed by atoms with Gasteiger partial charge in [0.25, 0.3) is 0 Å². The standard InChI is InChI=1S/C13H29N3O/c1-5-8-9-15-12(17)16(10-6-2)13(4,7-3)11-14/h5-11,14H2,1-4H3,(H,15,17). The summed E-state index contributed by atoms with van der Waals surface area (Å²) in [5.74, 6) is 0. The normalized spacial score (nSPS) is 14.2. The van der Waals surface area contributed by atoms with Gasteiger partial charge in [-0.05, 0) is 26.2 Å². The molecule has 3 N–H and O–H groups in total. The molecule has 0 saturated carbocycles. The molecule has 0 aliphatic heterocycles. The number of nitrogens with zero attached hydrogens (tertiary/aromatic N) is 1. The molecular weight excluding hydrogens is 214 g/mol. The van der Waals surface area contributed by atoms with Crippen LogP contribution in [0, 0.1) is 0 Å². The van der Waals surface area contributed by atoms with Gasteiger partial charge in [0.1, 0.15) is 0 Å². The second-order valence-electron chi connectivity index (χ2n) is 4.79. The molecule has 2 amide bonds. The number of carbonyl (C=O) groups excluding carboxylic acids is 1. The Morgan fingerprint density at radius 1 is 1.29 bits per heavy atom. The van der Waals surface area contributed by atoms with Crippen LogP contribution in [0.4, 0.5) is 4.79 Å². The third-order valence-corrected chi connectivity index (χ3v) is 3.35. The van der Waals surface area contributed by atoms with Crippen molar-refractivity contribution in [1.29, 1.82) is 0 Å². The van der Waals surface area contributed by atoms with Crippen LogP contribution in [0.1, 0.15) is 53.4 Å². The Morgan fingerprint density at radius 3 is 2.35 bits per heavy atom. The highest BCUT2D eigenvalue weighted by atomic mass is 16.2. The van der Waals surface area contributed by atoms with Crippen molar-refractivity contribution in [2.45, 2.75) is 58.9 Å². The zero-order valence-electron chi connectivity index (χ0n) is 11.9. The molecule has 0 aromatic carbocycles. The monoisotopic (exact) mass is 243 g/mol. The van der Waals surface area contributed by atoms with Crippen molar-refractivity contribution in [3.05, 3.63) is 0 Å². The molecule has 0 aliphatic carbocycles. The van der Waals surface area contributed by atoms with E-state index >= 15 is 0 Å². The van der Waals surface area contributed by atoms with Crippen LogP contribution < -0.4 is 11.1 Å². The number of nitrogens with two attached hydrogens (primary N) is 1. The SMILES string of the molecule is CCCCNC(=O)N(CCC)C(C)(CC)CN. The molecule has 0 aromatic heterocycles. The lowest BCUT2D eigenvalue weighted by Gasteiger charge is -2.40. The average Bonchev–Trinajstić information content (AvgIpc) is 2.35. The van der Waals surface area contributed by atoms with Crippen LogP contribution in [0.15, 0.2) is 0 Å². The summed E-state index contributed by atoms with van der Waals surface area (Å²) in [7, 11) is 0. The van der Waals surface area contributed by atoms with Crippen LogP contribution in [0.2, 0.25) is 0 Å². The predicted molar refractivity (Wildman–Crippen MR) is 73.1 cm³/mol. The van der Waals surface area contributed by atoms with Crippen LogP contribution in [0.3, 0.4) is 0 Å². The van der Waals surface area contributed by atoms with Gasteiger partial charge >= 0.3 is 6.03 Å². The van der Waals surface area contributed by atoms with E-state index in [1.807, 2.05) is 4.90 Å². The van der Waals surface area contributed by atoms with E-state index in [0.29, 0.717) is 6.54 Å². The van der Waals surface area contributed by atoms with E-state index in [4.69, 9.17) is 5.73 Å². The van der Waals surface area contributed by atoms with Crippen molar-refractivity contribution in [3.63, 3.8) is 0 Å². The van der Waals surface area contributed by atoms with Crippen LogP contribution >= 0.6 is 0 Å². The van der Waals surface area contributed by atoms with Crippen molar-refractivity contribution in [2.75, 3.05) is 19.6 Å². The molecule has 0 spiro atoms. The molecule has 1 atom stereocenters. The molecule has 17 heavy (non-hydrogen) atoms. The van der Waals surface area contributed by atoms with Gasteiger partial charge in [0.05, 0.1) is 5.54 Å². The summed E-state index contributed by atoms with van der Waals surface area (Å²) < 4.78 is 0. The lowest BCUT2D eigenvalue weighted by Crippen LogP contribution is -2.57. The lowest BCUT2D eigenvalue weighted by atomic mass is 9.96. The van der Waals surface area contributed by atoms with Crippen molar-refractivity contribution < 1.29 is 4.79 Å². The predicted octanol–water partition coefficient (Wildman–Crippen LogP) is 2.34. The maximum absolute atomic E-state index is 12.1. The van der Waals surface area contributed by atoms with Crippen molar-refractivity contribution in [2.24, 2.45) is 5.73 Å². The van der Waals surface area contributed by atoms with E-state index in [9.17, 15) is 4.79 Å². The van der Waals surface area contributed by atoms with Crippen LogP contribution in [-0.4, -0.2) is 36.1 Å². The van der Waals surface area contributed by atoms with Gasteiger partial charge in [0, 0.05) is 19.6 Å². The summed E-state index contributed by atoms with van der Waals surface area (Å²) in [6, 6.07) is 0.0232. The first-order valence-corrected chi connectivity index (χ1v) is 6.81. The van der Waals surface area contributed by atoms with E-state index in [0.717, 1.165) is 38.8 Å². The minimum atomic E-state index is -0.230. The number of hydrogen-bond donors (Lipinski definition) is 2. The van der Waals surface area contributed by atoms with Gasteiger partial charge in [-0.3, -0.25) is 0 Å². The fraction of sp³-hybridized carbons (Fsp3) is 0.923. The minimum Gasteiger partial charge on any atom is -0.338 e. The second kappa shape index (κ2) is 8.34. The molecule has 0 heterocycles. The summed E-state index contributed by atoms with van der Waals surface area (Å²) in [6.45, 7) is 10.4. The third kappa shape index (κ3) is 4.94. The molecule has 0 aromatic rings. The first kappa shape index (κ1) is 16.2. The summed E-state index contributed by atoms with van der Waals surface area (Å²) in [5.41, 5.74) is 5.59. The Morgan fingerprint density at radius 2 is 1.94 bits per heavy atom. The quantitative estimate of drug-likeness (QED) is 0.643. The first-order chi connectivity index (χ1) is 8.05. The van der Waals surface area contributed by atoms with Gasteiger partial charge in [0.2, 0.25) is 0 Å². The number of unbranched alkanes of at least 4 members (excludes halogenated alkanes) is 1. The van der Waals surface area contributed by atoms with Crippen molar-refractivity contribution in [1.82, 2.24) is 10.2 Å². The fourth-order valence-electron chi connectivity index (χ4n) is 1.75. The minimum absolute atomic E-state index is 0.0232. The van der Waals surface area contributed by atoms with E-state index < -0.39 is 0 Å². The Hall–Kier alpha value is -0.770. The van der Waals surface area contributed by atoms with Gasteiger partial charge in [-0.25, -0.2) is 4.79 Å². The van der Waals surface area contributed by atoms with E-state index in [1.165, 1.54) is 0 Å². The van der Waals surface area contributed by atoms with Gasteiger partial charge in [0.15, 0.2) is 0 Å². The van der Waals surface area contributed by atoms with Crippen LogP contribution in [-0.2, 0) is 0 Å². The Labute approximate surface area is 106 Å². The zero-order valence-corrected chi connectivity index (χ0v) is 11.9. The highest BCUT2D eigenvalue weighted by Crippen LogP contribution is 2.18. The maximum Gasteiger partial charge on any atom is 0.317 e. The molecule has 4 heteroatoms. The van der Waals surface area contributed by atoms with E-state index in [-0.39, 0.29) is 11.6 Å². The topological polar surface area (TPSA) is 58.4 Å². The summed E-state index contributed by atoms with van der Waals surface area (Å²) >= 11 is 0. The van der Waals surface area contributed by atoms with Gasteiger partial charge < -0.3 is 16.0 Å². The van der Waals surface area contributed by atoms with Crippen molar-refractivity contribution >= 4 is 6.03 Å². The maximum atomic E-state index is 12.1. The molecule has 1 unspecified atom stereocenters. The Bertz CT molecular complexity index is 215. The molecule has 0 bridgehead atoms. The molecule has 0 saturated heterocycles. The third-order valence-electron chi connectivity index (χ3n) is 3.35. The smallest absolute Gasteiger partial charge is 0.317 e. The summed E-state index contributed by atoms with van der Waals surface area (Å²) in [6.07, 6.45) is 3.95. The van der Waals surface area contributed by atoms with Gasteiger partial charge in [-0.2, -0.15) is 0 Å². The first-order valence-electron chi connectivity index (χ1n) is 6.81. The van der Waals surface area contributed by atoms with Crippen LogP contribution in [0.25, 0.3) is 0 Å². The molecule has 0 rings (SSSR count). The number of hydrogen-bond acceptors (Lipinski definition) is 2. The number of amides is 2. The number of rotatable bonds is 8. The number of nitrogens with one attached hydrogen (secondary N) is 1. The van der Waals surface area contributed by atoms with E-state index in [1.54, 1.807) is 0 Å². The second-order valence-corrected chi connectivity index (χ2v) is 4.79. The molecule has 0 fully saturated rings. The largest absolute Gasteiger partial charge is 0.338 e. The summed E-state index contributed by atoms with van der Waals surface area (Å²) in [4.78, 5) is 14.0. The Kier molecular flexibility index (Phi) is 7.96. The highest BCUT2D eigenvalue weighted by Gasteiger charge is 2.31. The lowest BCUT2D eigenvalue weighted by molar-refractivity contribution is 0.124. The highest BCUT2D eigenvalue weighted by molar-refractivity contribution is 5.75. The molecule has 102 valence electrons.